The highest BCUT2D eigenvalue weighted by atomic mass is 35.5. The van der Waals surface area contributed by atoms with Crippen LogP contribution in [0.4, 0.5) is 0 Å². The van der Waals surface area contributed by atoms with Crippen LogP contribution in [0, 0.1) is 5.92 Å². The van der Waals surface area contributed by atoms with Gasteiger partial charge in [0.1, 0.15) is 0 Å². The Hall–Kier alpha value is -1.07. The van der Waals surface area contributed by atoms with Crippen molar-refractivity contribution in [1.82, 2.24) is 0 Å². The van der Waals surface area contributed by atoms with Gasteiger partial charge in [-0.3, -0.25) is 4.79 Å². The summed E-state index contributed by atoms with van der Waals surface area (Å²) in [7, 11) is -2.00. The van der Waals surface area contributed by atoms with Crippen molar-refractivity contribution in [2.45, 2.75) is 42.9 Å². The van der Waals surface area contributed by atoms with Crippen LogP contribution in [0.2, 0.25) is 5.02 Å². The molecule has 1 aromatic carbocycles. The lowest BCUT2D eigenvalue weighted by atomic mass is 9.88. The minimum atomic E-state index is -3.37. The van der Waals surface area contributed by atoms with Gasteiger partial charge in [-0.15, -0.1) is 0 Å². The van der Waals surface area contributed by atoms with E-state index in [0.29, 0.717) is 5.92 Å². The van der Waals surface area contributed by atoms with E-state index in [9.17, 15) is 13.2 Å². The quantitative estimate of drug-likeness (QED) is 0.766. The normalized spacial score (nSPS) is 17.4. The molecule has 1 aliphatic carbocycles. The summed E-state index contributed by atoms with van der Waals surface area (Å²) < 4.78 is 28.2. The highest BCUT2D eigenvalue weighted by molar-refractivity contribution is 7.90. The summed E-state index contributed by atoms with van der Waals surface area (Å²) in [6, 6.07) is 4.71. The molecule has 6 heteroatoms. The second-order valence-electron chi connectivity index (χ2n) is 5.92. The number of ether oxygens (including phenoxy) is 1. The first-order valence-electron chi connectivity index (χ1n) is 7.40. The van der Waals surface area contributed by atoms with Crippen molar-refractivity contribution in [1.29, 1.82) is 0 Å². The molecule has 0 unspecified atom stereocenters. The minimum Gasteiger partial charge on any atom is -0.469 e. The van der Waals surface area contributed by atoms with Crippen molar-refractivity contribution in [2.75, 3.05) is 13.4 Å². The Kier molecular flexibility index (Phi) is 5.50. The zero-order valence-corrected chi connectivity index (χ0v) is 14.4. The predicted octanol–water partition coefficient (Wildman–Crippen LogP) is 3.58. The zero-order valence-electron chi connectivity index (χ0n) is 12.8. The van der Waals surface area contributed by atoms with Gasteiger partial charge in [0.15, 0.2) is 9.84 Å². The molecule has 0 aliphatic heterocycles. The Morgan fingerprint density at radius 2 is 2.00 bits per heavy atom. The standard InChI is InChI=1S/C16H21ClO4S/c1-21-16(18)13(9-11-5-3-4-6-11)12-7-8-15(14(17)10-12)22(2,19)20/h7-8,10-11,13H,3-6,9H2,1-2H3/t13-/m1/s1. The van der Waals surface area contributed by atoms with E-state index in [4.69, 9.17) is 16.3 Å². The summed E-state index contributed by atoms with van der Waals surface area (Å²) >= 11 is 6.09. The Bertz CT molecular complexity index is 648. The molecule has 0 aromatic heterocycles. The summed E-state index contributed by atoms with van der Waals surface area (Å²) in [5, 5.41) is 0.153. The highest BCUT2D eigenvalue weighted by Crippen LogP contribution is 2.36. The number of sulfone groups is 1. The maximum atomic E-state index is 12.1. The molecule has 1 atom stereocenters. The molecule has 2 rings (SSSR count). The molecule has 22 heavy (non-hydrogen) atoms. The third-order valence-electron chi connectivity index (χ3n) is 4.29. The van der Waals surface area contributed by atoms with Crippen LogP contribution in [0.5, 0.6) is 0 Å². The Morgan fingerprint density at radius 1 is 1.36 bits per heavy atom. The van der Waals surface area contributed by atoms with Gasteiger partial charge < -0.3 is 4.74 Å². The number of halogens is 1. The SMILES string of the molecule is COC(=O)[C@H](CC1CCCC1)c1ccc(S(C)(=O)=O)c(Cl)c1. The molecule has 0 spiro atoms. The smallest absolute Gasteiger partial charge is 0.313 e. The molecule has 0 heterocycles. The third-order valence-corrected chi connectivity index (χ3v) is 5.87. The number of hydrogen-bond acceptors (Lipinski definition) is 4. The first kappa shape index (κ1) is 17.3. The van der Waals surface area contributed by atoms with Crippen molar-refractivity contribution in [3.05, 3.63) is 28.8 Å². The van der Waals surface area contributed by atoms with Gasteiger partial charge in [0.05, 0.1) is 22.9 Å². The fourth-order valence-corrected chi connectivity index (χ4v) is 4.46. The topological polar surface area (TPSA) is 60.4 Å². The second-order valence-corrected chi connectivity index (χ2v) is 8.32. The molecule has 1 aliphatic rings. The first-order chi connectivity index (χ1) is 10.3. The van der Waals surface area contributed by atoms with E-state index in [1.54, 1.807) is 12.1 Å². The summed E-state index contributed by atoms with van der Waals surface area (Å²) in [5.41, 5.74) is 0.719. The third kappa shape index (κ3) is 4.02. The number of hydrogen-bond donors (Lipinski definition) is 0. The number of methoxy groups -OCH3 is 1. The minimum absolute atomic E-state index is 0.0856. The lowest BCUT2D eigenvalue weighted by molar-refractivity contribution is -0.142. The van der Waals surface area contributed by atoms with Gasteiger partial charge in [-0.05, 0) is 30.0 Å². The van der Waals surface area contributed by atoms with E-state index < -0.39 is 9.84 Å². The Labute approximate surface area is 136 Å². The van der Waals surface area contributed by atoms with Gasteiger partial charge >= 0.3 is 5.97 Å². The number of rotatable bonds is 5. The van der Waals surface area contributed by atoms with Crippen molar-refractivity contribution in [2.24, 2.45) is 5.92 Å². The summed E-state index contributed by atoms with van der Waals surface area (Å²) in [4.78, 5) is 12.2. The van der Waals surface area contributed by atoms with Gasteiger partial charge in [0, 0.05) is 6.26 Å². The molecule has 1 aromatic rings. The Balaban J connectivity index is 2.31. The number of carbonyl (C=O) groups excluding carboxylic acids is 1. The van der Waals surface area contributed by atoms with Gasteiger partial charge in [0.2, 0.25) is 0 Å². The number of esters is 1. The zero-order chi connectivity index (χ0) is 16.3. The van der Waals surface area contributed by atoms with Crippen LogP contribution in [0.3, 0.4) is 0 Å². The summed E-state index contributed by atoms with van der Waals surface area (Å²) in [5.74, 6) is -0.174. The molecule has 0 saturated heterocycles. The van der Waals surface area contributed by atoms with Crippen LogP contribution < -0.4 is 0 Å². The average Bonchev–Trinajstić information content (AvgIpc) is 2.95. The summed E-state index contributed by atoms with van der Waals surface area (Å²) in [6.45, 7) is 0. The molecule has 0 bridgehead atoms. The van der Waals surface area contributed by atoms with Crippen LogP contribution in [0.1, 0.15) is 43.6 Å². The van der Waals surface area contributed by atoms with Crippen molar-refractivity contribution in [3.8, 4) is 0 Å². The van der Waals surface area contributed by atoms with Crippen LogP contribution in [0.15, 0.2) is 23.1 Å². The molecule has 1 fully saturated rings. The van der Waals surface area contributed by atoms with Gasteiger partial charge in [-0.1, -0.05) is 43.4 Å². The van der Waals surface area contributed by atoms with E-state index in [1.165, 1.54) is 26.0 Å². The first-order valence-corrected chi connectivity index (χ1v) is 9.67. The predicted molar refractivity (Wildman–Crippen MR) is 85.9 cm³/mol. The van der Waals surface area contributed by atoms with E-state index in [2.05, 4.69) is 0 Å². The lowest BCUT2D eigenvalue weighted by Gasteiger charge is -2.19. The maximum Gasteiger partial charge on any atom is 0.313 e. The maximum absolute atomic E-state index is 12.1. The average molecular weight is 345 g/mol. The molecule has 1 saturated carbocycles. The van der Waals surface area contributed by atoms with Crippen LogP contribution >= 0.6 is 11.6 Å². The molecule has 4 nitrogen and oxygen atoms in total. The fraction of sp³-hybridized carbons (Fsp3) is 0.562. The lowest BCUT2D eigenvalue weighted by Crippen LogP contribution is -2.17. The van der Waals surface area contributed by atoms with Crippen LogP contribution in [0.25, 0.3) is 0 Å². The monoisotopic (exact) mass is 344 g/mol. The van der Waals surface area contributed by atoms with Crippen LogP contribution in [-0.4, -0.2) is 27.8 Å². The van der Waals surface area contributed by atoms with E-state index >= 15 is 0 Å². The highest BCUT2D eigenvalue weighted by Gasteiger charge is 2.28. The molecular weight excluding hydrogens is 324 g/mol. The second kappa shape index (κ2) is 7.01. The van der Waals surface area contributed by atoms with E-state index in [0.717, 1.165) is 31.1 Å². The van der Waals surface area contributed by atoms with E-state index in [-0.39, 0.29) is 21.8 Å². The van der Waals surface area contributed by atoms with E-state index in [1.807, 2.05) is 0 Å². The largest absolute Gasteiger partial charge is 0.469 e. The van der Waals surface area contributed by atoms with Gasteiger partial charge in [-0.2, -0.15) is 0 Å². The molecule has 122 valence electrons. The fourth-order valence-electron chi connectivity index (χ4n) is 3.12. The van der Waals surface area contributed by atoms with Crippen LogP contribution in [-0.2, 0) is 19.4 Å². The molecule has 0 amide bonds. The molecular formula is C16H21ClO4S. The van der Waals surface area contributed by atoms with Crippen molar-refractivity contribution in [3.63, 3.8) is 0 Å². The Morgan fingerprint density at radius 3 is 2.50 bits per heavy atom. The molecule has 0 radical (unpaired) electrons. The van der Waals surface area contributed by atoms with Crippen molar-refractivity contribution >= 4 is 27.4 Å². The number of benzene rings is 1. The van der Waals surface area contributed by atoms with Crippen molar-refractivity contribution < 1.29 is 17.9 Å². The van der Waals surface area contributed by atoms with Gasteiger partial charge in [-0.25, -0.2) is 8.42 Å². The summed E-state index contributed by atoms with van der Waals surface area (Å²) in [6.07, 6.45) is 6.50. The molecule has 0 N–H and O–H groups in total. The number of carbonyl (C=O) groups is 1. The van der Waals surface area contributed by atoms with Gasteiger partial charge in [0.25, 0.3) is 0 Å².